The highest BCUT2D eigenvalue weighted by molar-refractivity contribution is 6.32. The molecule has 0 fully saturated rings. The summed E-state index contributed by atoms with van der Waals surface area (Å²) in [5.41, 5.74) is 0.614. The number of carboxylic acid groups (broad SMARTS) is 1. The van der Waals surface area contributed by atoms with Crippen molar-refractivity contribution in [1.82, 2.24) is 14.1 Å². The Morgan fingerprint density at radius 1 is 1.03 bits per heavy atom. The Hall–Kier alpha value is -3.50. The fraction of sp³-hybridized carbons (Fsp3) is 0.240. The number of carbonyl (C=O) groups is 1. The first-order valence-corrected chi connectivity index (χ1v) is 11.6. The van der Waals surface area contributed by atoms with E-state index in [1.807, 2.05) is 0 Å². The first-order valence-electron chi connectivity index (χ1n) is 10.9. The Labute approximate surface area is 218 Å². The third-order valence-electron chi connectivity index (χ3n) is 6.25. The van der Waals surface area contributed by atoms with Crippen LogP contribution in [0.4, 0.5) is 13.2 Å². The number of pyridine rings is 1. The molecular formula is C25H20Cl2F3N3O4. The van der Waals surface area contributed by atoms with Gasteiger partial charge in [0.1, 0.15) is 10.9 Å². The normalized spacial score (nSPS) is 13.5. The van der Waals surface area contributed by atoms with Gasteiger partial charge in [-0.05, 0) is 47.4 Å². The van der Waals surface area contributed by atoms with E-state index in [4.69, 9.17) is 33.0 Å². The van der Waals surface area contributed by atoms with Crippen molar-refractivity contribution in [2.45, 2.75) is 24.9 Å². The molecule has 37 heavy (non-hydrogen) atoms. The molecule has 2 aromatic heterocycles. The van der Waals surface area contributed by atoms with Crippen molar-refractivity contribution >= 4 is 40.2 Å². The van der Waals surface area contributed by atoms with Crippen LogP contribution in [0.5, 0.6) is 11.6 Å². The van der Waals surface area contributed by atoms with Crippen molar-refractivity contribution in [1.29, 1.82) is 0 Å². The molecule has 2 aromatic carbocycles. The lowest BCUT2D eigenvalue weighted by Crippen LogP contribution is -2.26. The molecule has 194 valence electrons. The maximum Gasteiger partial charge on any atom is 0.396 e. The second-order valence-electron chi connectivity index (χ2n) is 8.54. The number of carboxylic acids is 1. The Bertz CT molecular complexity index is 1580. The SMILES string of the molecule is CC(c1ccc(Oc2ccc(C(=O)O)c(Cl)n2)cc1Cl)C(c1ccc2c(c1)n(C)c(=O)n2C)C(F)(F)F. The van der Waals surface area contributed by atoms with Crippen LogP contribution in [0, 0.1) is 0 Å². The van der Waals surface area contributed by atoms with E-state index in [-0.39, 0.29) is 44.2 Å². The van der Waals surface area contributed by atoms with Gasteiger partial charge < -0.3 is 9.84 Å². The smallest absolute Gasteiger partial charge is 0.396 e. The van der Waals surface area contributed by atoms with E-state index in [1.165, 1.54) is 71.6 Å². The van der Waals surface area contributed by atoms with Gasteiger partial charge in [0.2, 0.25) is 5.88 Å². The van der Waals surface area contributed by atoms with Crippen molar-refractivity contribution in [3.63, 3.8) is 0 Å². The summed E-state index contributed by atoms with van der Waals surface area (Å²) in [4.78, 5) is 27.2. The van der Waals surface area contributed by atoms with Crippen LogP contribution in [0.3, 0.4) is 0 Å². The van der Waals surface area contributed by atoms with E-state index >= 15 is 0 Å². The van der Waals surface area contributed by atoms with Crippen molar-refractivity contribution in [2.75, 3.05) is 0 Å². The minimum absolute atomic E-state index is 0.00227. The van der Waals surface area contributed by atoms with Crippen LogP contribution >= 0.6 is 23.2 Å². The average molecular weight is 554 g/mol. The van der Waals surface area contributed by atoms with Gasteiger partial charge in [0.05, 0.1) is 22.5 Å². The molecule has 1 N–H and O–H groups in total. The third-order valence-corrected chi connectivity index (χ3v) is 6.86. The van der Waals surface area contributed by atoms with E-state index in [1.54, 1.807) is 7.05 Å². The third kappa shape index (κ3) is 5.03. The van der Waals surface area contributed by atoms with Gasteiger partial charge in [0.25, 0.3) is 0 Å². The number of nitrogens with zero attached hydrogens (tertiary/aromatic N) is 3. The summed E-state index contributed by atoms with van der Waals surface area (Å²) in [5, 5.41) is 8.82. The predicted molar refractivity (Wildman–Crippen MR) is 133 cm³/mol. The van der Waals surface area contributed by atoms with Crippen LogP contribution in [0.2, 0.25) is 10.2 Å². The van der Waals surface area contributed by atoms with Gasteiger partial charge in [-0.25, -0.2) is 14.6 Å². The first kappa shape index (κ1) is 26.6. The van der Waals surface area contributed by atoms with Gasteiger partial charge in [-0.1, -0.05) is 42.3 Å². The number of imidazole rings is 1. The second-order valence-corrected chi connectivity index (χ2v) is 9.30. The highest BCUT2D eigenvalue weighted by Crippen LogP contribution is 2.47. The van der Waals surface area contributed by atoms with E-state index in [0.29, 0.717) is 11.0 Å². The summed E-state index contributed by atoms with van der Waals surface area (Å²) in [5.74, 6) is -4.07. The Morgan fingerprint density at radius 3 is 2.30 bits per heavy atom. The lowest BCUT2D eigenvalue weighted by Gasteiger charge is -2.28. The van der Waals surface area contributed by atoms with Crippen LogP contribution < -0.4 is 10.4 Å². The molecule has 2 heterocycles. The summed E-state index contributed by atoms with van der Waals surface area (Å²) < 4.78 is 51.3. The van der Waals surface area contributed by atoms with Crippen molar-refractivity contribution < 1.29 is 27.8 Å². The minimum Gasteiger partial charge on any atom is -0.478 e. The summed E-state index contributed by atoms with van der Waals surface area (Å²) in [6, 6.07) is 11.0. The summed E-state index contributed by atoms with van der Waals surface area (Å²) in [6.07, 6.45) is -4.61. The maximum atomic E-state index is 14.3. The van der Waals surface area contributed by atoms with Gasteiger partial charge in [-0.15, -0.1) is 0 Å². The van der Waals surface area contributed by atoms with E-state index in [9.17, 15) is 22.8 Å². The number of aromatic nitrogens is 3. The van der Waals surface area contributed by atoms with Crippen LogP contribution in [0.15, 0.2) is 53.3 Å². The molecular weight excluding hydrogens is 534 g/mol. The fourth-order valence-corrected chi connectivity index (χ4v) is 4.92. The number of aromatic carboxylic acids is 1. The maximum absolute atomic E-state index is 14.3. The molecule has 0 aliphatic carbocycles. The van der Waals surface area contributed by atoms with Gasteiger partial charge in [-0.2, -0.15) is 13.2 Å². The van der Waals surface area contributed by atoms with E-state index in [0.717, 1.165) is 0 Å². The summed E-state index contributed by atoms with van der Waals surface area (Å²) in [6.45, 7) is 1.43. The molecule has 0 aliphatic heterocycles. The number of alkyl halides is 3. The zero-order chi connectivity index (χ0) is 27.2. The number of rotatable bonds is 6. The molecule has 0 saturated carbocycles. The average Bonchev–Trinajstić information content (AvgIpc) is 3.01. The molecule has 0 spiro atoms. The molecule has 4 aromatic rings. The van der Waals surface area contributed by atoms with E-state index in [2.05, 4.69) is 4.98 Å². The molecule has 7 nitrogen and oxygen atoms in total. The zero-order valence-electron chi connectivity index (χ0n) is 19.7. The number of hydrogen-bond donors (Lipinski definition) is 1. The van der Waals surface area contributed by atoms with Crippen LogP contribution in [-0.2, 0) is 14.1 Å². The zero-order valence-corrected chi connectivity index (χ0v) is 21.2. The van der Waals surface area contributed by atoms with Crippen LogP contribution in [0.25, 0.3) is 11.0 Å². The van der Waals surface area contributed by atoms with Gasteiger partial charge in [0.15, 0.2) is 0 Å². The van der Waals surface area contributed by atoms with Crippen molar-refractivity contribution in [3.05, 3.63) is 85.9 Å². The largest absolute Gasteiger partial charge is 0.478 e. The summed E-state index contributed by atoms with van der Waals surface area (Å²) in [7, 11) is 3.06. The molecule has 2 unspecified atom stereocenters. The molecule has 0 aliphatic rings. The summed E-state index contributed by atoms with van der Waals surface area (Å²) >= 11 is 12.3. The Balaban J connectivity index is 1.67. The van der Waals surface area contributed by atoms with Crippen LogP contribution in [-0.4, -0.2) is 31.4 Å². The molecule has 2 atom stereocenters. The number of halogens is 5. The molecule has 0 amide bonds. The molecule has 12 heteroatoms. The van der Waals surface area contributed by atoms with E-state index < -0.39 is 24.0 Å². The topological polar surface area (TPSA) is 86.3 Å². The molecule has 0 radical (unpaired) electrons. The lowest BCUT2D eigenvalue weighted by atomic mass is 9.82. The number of ether oxygens (including phenoxy) is 1. The second kappa shape index (κ2) is 9.75. The fourth-order valence-electron chi connectivity index (χ4n) is 4.35. The van der Waals surface area contributed by atoms with Crippen LogP contribution in [0.1, 0.15) is 40.2 Å². The monoisotopic (exact) mass is 553 g/mol. The number of hydrogen-bond acceptors (Lipinski definition) is 4. The molecule has 0 saturated heterocycles. The van der Waals surface area contributed by atoms with Gasteiger partial charge >= 0.3 is 17.8 Å². The number of aryl methyl sites for hydroxylation is 2. The molecule has 0 bridgehead atoms. The quantitative estimate of drug-likeness (QED) is 0.275. The van der Waals surface area contributed by atoms with Crippen molar-refractivity contribution in [2.24, 2.45) is 14.1 Å². The predicted octanol–water partition coefficient (Wildman–Crippen LogP) is 6.52. The molecule has 4 rings (SSSR count). The highest BCUT2D eigenvalue weighted by atomic mass is 35.5. The lowest BCUT2D eigenvalue weighted by molar-refractivity contribution is -0.154. The Kier molecular flexibility index (Phi) is 7.00. The first-order chi connectivity index (χ1) is 17.3. The minimum atomic E-state index is -4.61. The van der Waals surface area contributed by atoms with Gasteiger partial charge in [0, 0.05) is 25.2 Å². The van der Waals surface area contributed by atoms with Crippen molar-refractivity contribution in [3.8, 4) is 11.6 Å². The number of benzene rings is 2. The standard InChI is InChI=1S/C25H20Cl2F3N3O4/c1-12(21(25(28,29)30)13-4-8-18-19(10-13)33(3)24(36)32(18)2)15-6-5-14(11-17(15)26)37-20-9-7-16(23(34)35)22(27)31-20/h4-12,21H,1-3H3,(H,34,35). The van der Waals surface area contributed by atoms with Gasteiger partial charge in [-0.3, -0.25) is 9.13 Å². The number of fused-ring (bicyclic) bond motifs is 1. The Morgan fingerprint density at radius 2 is 1.70 bits per heavy atom. The highest BCUT2D eigenvalue weighted by Gasteiger charge is 2.45.